The Morgan fingerprint density at radius 2 is 2.03 bits per heavy atom. The van der Waals surface area contributed by atoms with Crippen molar-refractivity contribution in [2.24, 2.45) is 0 Å². The third-order valence-corrected chi connectivity index (χ3v) is 6.69. The lowest BCUT2D eigenvalue weighted by Crippen LogP contribution is -2.46. The molecule has 1 N–H and O–H groups in total. The summed E-state index contributed by atoms with van der Waals surface area (Å²) in [7, 11) is 0. The lowest BCUT2D eigenvalue weighted by molar-refractivity contribution is -0.137. The van der Waals surface area contributed by atoms with Crippen molar-refractivity contribution in [3.8, 4) is 11.5 Å². The number of halogens is 4. The molecule has 1 atom stereocenters. The van der Waals surface area contributed by atoms with E-state index in [4.69, 9.17) is 21.1 Å². The highest BCUT2D eigenvalue weighted by Gasteiger charge is 2.46. The third kappa shape index (κ3) is 3.83. The van der Waals surface area contributed by atoms with E-state index in [-0.39, 0.29) is 29.0 Å². The second kappa shape index (κ2) is 7.72. The van der Waals surface area contributed by atoms with Crippen LogP contribution in [0.25, 0.3) is 0 Å². The largest absolute Gasteiger partial charge is 0.454 e. The number of hydrogen-bond donors (Lipinski definition) is 1. The first-order valence-electron chi connectivity index (χ1n) is 10.4. The van der Waals surface area contributed by atoms with Crippen LogP contribution in [0.5, 0.6) is 11.5 Å². The van der Waals surface area contributed by atoms with Gasteiger partial charge in [-0.1, -0.05) is 17.7 Å². The summed E-state index contributed by atoms with van der Waals surface area (Å²) in [6.07, 6.45) is -0.551. The van der Waals surface area contributed by atoms with Crippen molar-refractivity contribution in [2.75, 3.05) is 24.8 Å². The van der Waals surface area contributed by atoms with Crippen molar-refractivity contribution in [2.45, 2.75) is 43.3 Å². The van der Waals surface area contributed by atoms with Gasteiger partial charge in [0.2, 0.25) is 12.7 Å². The van der Waals surface area contributed by atoms with Crippen LogP contribution in [0.2, 0.25) is 5.02 Å². The molecule has 0 spiro atoms. The molecule has 2 aromatic rings. The standard InChI is InChI=1S/C22H21ClF3N3O3/c23-15-8-14(22(24,25)26)10-27-19(15)29-7-1-2-16(29)20(30)28-11-21(5-6-21)13-3-4-17-18(9-13)32-12-31-17/h3-4,8-10,16H,1-2,5-7,11-12H2,(H,28,30). The quantitative estimate of drug-likeness (QED) is 0.710. The summed E-state index contributed by atoms with van der Waals surface area (Å²) in [6, 6.07) is 6.19. The first kappa shape index (κ1) is 21.2. The van der Waals surface area contributed by atoms with E-state index in [0.29, 0.717) is 25.3 Å². The molecule has 10 heteroatoms. The zero-order valence-electron chi connectivity index (χ0n) is 17.0. The fraction of sp³-hybridized carbons (Fsp3) is 0.455. The van der Waals surface area contributed by atoms with Crippen molar-refractivity contribution >= 4 is 23.3 Å². The van der Waals surface area contributed by atoms with Crippen LogP contribution < -0.4 is 19.7 Å². The second-order valence-corrected chi connectivity index (χ2v) is 8.85. The number of rotatable bonds is 5. The topological polar surface area (TPSA) is 63.7 Å². The highest BCUT2D eigenvalue weighted by molar-refractivity contribution is 6.33. The van der Waals surface area contributed by atoms with Crippen LogP contribution in [0.4, 0.5) is 19.0 Å². The van der Waals surface area contributed by atoms with Gasteiger partial charge in [0.05, 0.1) is 10.6 Å². The van der Waals surface area contributed by atoms with Gasteiger partial charge in [-0.05, 0) is 49.4 Å². The van der Waals surface area contributed by atoms with Crippen molar-refractivity contribution < 1.29 is 27.4 Å². The van der Waals surface area contributed by atoms with Gasteiger partial charge in [-0.25, -0.2) is 4.98 Å². The van der Waals surface area contributed by atoms with E-state index in [1.807, 2.05) is 18.2 Å². The number of nitrogens with one attached hydrogen (secondary N) is 1. The Labute approximate surface area is 187 Å². The number of hydrogen-bond acceptors (Lipinski definition) is 5. The van der Waals surface area contributed by atoms with Gasteiger partial charge in [-0.15, -0.1) is 0 Å². The number of ether oxygens (including phenoxy) is 2. The van der Waals surface area contributed by atoms with Crippen LogP contribution >= 0.6 is 11.6 Å². The molecule has 1 aromatic heterocycles. The summed E-state index contributed by atoms with van der Waals surface area (Å²) in [5, 5.41) is 2.93. The van der Waals surface area contributed by atoms with E-state index in [2.05, 4.69) is 10.3 Å². The average Bonchev–Trinajstić information content (AvgIpc) is 3.17. The third-order valence-electron chi connectivity index (χ3n) is 6.42. The Balaban J connectivity index is 1.27. The van der Waals surface area contributed by atoms with Gasteiger partial charge in [0.15, 0.2) is 11.5 Å². The summed E-state index contributed by atoms with van der Waals surface area (Å²) in [5.41, 5.74) is 0.0493. The van der Waals surface area contributed by atoms with E-state index < -0.39 is 17.8 Å². The molecule has 3 aliphatic rings. The summed E-state index contributed by atoms with van der Waals surface area (Å²) < 4.78 is 49.6. The van der Waals surface area contributed by atoms with E-state index in [9.17, 15) is 18.0 Å². The highest BCUT2D eigenvalue weighted by atomic mass is 35.5. The van der Waals surface area contributed by atoms with E-state index in [1.54, 1.807) is 4.90 Å². The highest BCUT2D eigenvalue weighted by Crippen LogP contribution is 2.50. The van der Waals surface area contributed by atoms with Crippen LogP contribution in [-0.2, 0) is 16.4 Å². The molecule has 1 saturated carbocycles. The summed E-state index contributed by atoms with van der Waals surface area (Å²) >= 11 is 6.11. The normalized spacial score (nSPS) is 21.0. The SMILES string of the molecule is O=C(NCC1(c2ccc3c(c2)OCO3)CC1)C1CCCN1c1ncc(C(F)(F)F)cc1Cl. The van der Waals surface area contributed by atoms with Crippen LogP contribution in [0.1, 0.15) is 36.8 Å². The molecule has 1 aromatic carbocycles. The molecular weight excluding hydrogens is 447 g/mol. The molecule has 3 heterocycles. The maximum Gasteiger partial charge on any atom is 0.417 e. The summed E-state index contributed by atoms with van der Waals surface area (Å²) in [6.45, 7) is 1.19. The lowest BCUT2D eigenvalue weighted by Gasteiger charge is -2.27. The Morgan fingerprint density at radius 3 is 2.75 bits per heavy atom. The Kier molecular flexibility index (Phi) is 5.11. The first-order valence-corrected chi connectivity index (χ1v) is 10.8. The van der Waals surface area contributed by atoms with Crippen molar-refractivity contribution in [3.63, 3.8) is 0 Å². The fourth-order valence-electron chi connectivity index (χ4n) is 4.41. The average molecular weight is 468 g/mol. The predicted molar refractivity (Wildman–Crippen MR) is 111 cm³/mol. The Hall–Kier alpha value is -2.68. The Morgan fingerprint density at radius 1 is 1.25 bits per heavy atom. The van der Waals surface area contributed by atoms with Gasteiger partial charge in [-0.2, -0.15) is 13.2 Å². The van der Waals surface area contributed by atoms with E-state index in [0.717, 1.165) is 42.8 Å². The van der Waals surface area contributed by atoms with Gasteiger partial charge >= 0.3 is 6.18 Å². The minimum atomic E-state index is -4.52. The smallest absolute Gasteiger partial charge is 0.417 e. The van der Waals surface area contributed by atoms with Gasteiger partial charge in [0.1, 0.15) is 11.9 Å². The number of carbonyl (C=O) groups excluding carboxylic acids is 1. The molecule has 170 valence electrons. The maximum atomic E-state index is 13.0. The number of fused-ring (bicyclic) bond motifs is 1. The van der Waals surface area contributed by atoms with Crippen molar-refractivity contribution in [1.29, 1.82) is 0 Å². The zero-order valence-corrected chi connectivity index (χ0v) is 17.8. The van der Waals surface area contributed by atoms with Gasteiger partial charge in [0, 0.05) is 24.7 Å². The molecule has 1 unspecified atom stereocenters. The number of amides is 1. The zero-order chi connectivity index (χ0) is 22.5. The molecule has 1 saturated heterocycles. The van der Waals surface area contributed by atoms with Crippen molar-refractivity contribution in [1.82, 2.24) is 10.3 Å². The number of carbonyl (C=O) groups is 1. The van der Waals surface area contributed by atoms with Gasteiger partial charge < -0.3 is 19.7 Å². The molecule has 2 aliphatic heterocycles. The van der Waals surface area contributed by atoms with Crippen LogP contribution in [0.15, 0.2) is 30.5 Å². The summed E-state index contributed by atoms with van der Waals surface area (Å²) in [5.74, 6) is 1.46. The number of alkyl halides is 3. The lowest BCUT2D eigenvalue weighted by atomic mass is 9.95. The molecule has 0 radical (unpaired) electrons. The molecular formula is C22H21ClF3N3O3. The van der Waals surface area contributed by atoms with Crippen LogP contribution in [0.3, 0.4) is 0 Å². The minimum Gasteiger partial charge on any atom is -0.454 e. The fourth-order valence-corrected chi connectivity index (χ4v) is 4.68. The molecule has 1 aliphatic carbocycles. The number of anilines is 1. The van der Waals surface area contributed by atoms with Crippen LogP contribution in [-0.4, -0.2) is 36.8 Å². The van der Waals surface area contributed by atoms with Crippen LogP contribution in [0, 0.1) is 0 Å². The number of aromatic nitrogens is 1. The van der Waals surface area contributed by atoms with Gasteiger partial charge in [-0.3, -0.25) is 4.79 Å². The molecule has 5 rings (SSSR count). The van der Waals surface area contributed by atoms with Gasteiger partial charge in [0.25, 0.3) is 0 Å². The van der Waals surface area contributed by atoms with E-state index >= 15 is 0 Å². The molecule has 32 heavy (non-hydrogen) atoms. The monoisotopic (exact) mass is 467 g/mol. The predicted octanol–water partition coefficient (Wildman–Crippen LogP) is 4.30. The molecule has 2 fully saturated rings. The number of pyridine rings is 1. The first-order chi connectivity index (χ1) is 15.3. The maximum absolute atomic E-state index is 13.0. The number of benzene rings is 1. The second-order valence-electron chi connectivity index (χ2n) is 8.44. The Bertz CT molecular complexity index is 1060. The minimum absolute atomic E-state index is 0.112. The molecule has 6 nitrogen and oxygen atoms in total. The summed E-state index contributed by atoms with van der Waals surface area (Å²) in [4.78, 5) is 18.6. The molecule has 1 amide bonds. The van der Waals surface area contributed by atoms with Crippen molar-refractivity contribution in [3.05, 3.63) is 46.6 Å². The van der Waals surface area contributed by atoms with E-state index in [1.165, 1.54) is 0 Å². The number of nitrogens with zero attached hydrogens (tertiary/aromatic N) is 2. The molecule has 0 bridgehead atoms.